The first-order chi connectivity index (χ1) is 17.3. The summed E-state index contributed by atoms with van der Waals surface area (Å²) in [6.45, 7) is 1.70. The van der Waals surface area contributed by atoms with Gasteiger partial charge in [0.1, 0.15) is 23.3 Å². The third-order valence-corrected chi connectivity index (χ3v) is 5.17. The van der Waals surface area contributed by atoms with Crippen LogP contribution in [0.1, 0.15) is 12.5 Å². The molecule has 0 radical (unpaired) electrons. The van der Waals surface area contributed by atoms with E-state index in [0.29, 0.717) is 21.4 Å². The van der Waals surface area contributed by atoms with E-state index in [2.05, 4.69) is 26.6 Å². The first-order valence-electron chi connectivity index (χ1n) is 10.6. The van der Waals surface area contributed by atoms with Crippen LogP contribution < -0.4 is 20.1 Å². The molecule has 0 atom stereocenters. The zero-order valence-corrected chi connectivity index (χ0v) is 20.6. The lowest BCUT2D eigenvalue weighted by atomic mass is 10.1. The number of carbonyl (C=O) groups excluding carboxylic acids is 2. The molecule has 0 bridgehead atoms. The lowest BCUT2D eigenvalue weighted by molar-refractivity contribution is -0.118. The van der Waals surface area contributed by atoms with Crippen LogP contribution in [0, 0.1) is 23.0 Å². The van der Waals surface area contributed by atoms with Crippen LogP contribution in [0.15, 0.2) is 70.7 Å². The SMILES string of the molecule is CCOc1cc(/C=C(\C#N)C(=O)Nc2ccc(F)cc2)cc(Br)c1OCC(=O)Nc1ccc(F)cc1. The van der Waals surface area contributed by atoms with Gasteiger partial charge in [-0.2, -0.15) is 5.26 Å². The van der Waals surface area contributed by atoms with Crippen molar-refractivity contribution in [3.8, 4) is 17.6 Å². The van der Waals surface area contributed by atoms with E-state index in [1.54, 1.807) is 19.1 Å². The molecule has 184 valence electrons. The van der Waals surface area contributed by atoms with E-state index in [-0.39, 0.29) is 30.3 Å². The minimum absolute atomic E-state index is 0.194. The Bertz CT molecular complexity index is 1320. The van der Waals surface area contributed by atoms with Gasteiger partial charge in [0.2, 0.25) is 0 Å². The summed E-state index contributed by atoms with van der Waals surface area (Å²) in [5, 5.41) is 14.6. The molecule has 0 aliphatic rings. The van der Waals surface area contributed by atoms with E-state index in [1.165, 1.54) is 54.6 Å². The molecule has 0 aliphatic carbocycles. The van der Waals surface area contributed by atoms with Gasteiger partial charge in [-0.15, -0.1) is 0 Å². The fourth-order valence-electron chi connectivity index (χ4n) is 2.99. The zero-order valence-electron chi connectivity index (χ0n) is 19.0. The van der Waals surface area contributed by atoms with Crippen LogP contribution in [0.4, 0.5) is 20.2 Å². The van der Waals surface area contributed by atoms with Crippen LogP contribution in [0.3, 0.4) is 0 Å². The van der Waals surface area contributed by atoms with Gasteiger partial charge >= 0.3 is 0 Å². The highest BCUT2D eigenvalue weighted by molar-refractivity contribution is 9.10. The Hall–Kier alpha value is -4.23. The molecule has 0 aliphatic heterocycles. The minimum Gasteiger partial charge on any atom is -0.490 e. The number of benzene rings is 3. The molecule has 7 nitrogen and oxygen atoms in total. The molecular weight excluding hydrogens is 536 g/mol. The van der Waals surface area contributed by atoms with Gasteiger partial charge in [0, 0.05) is 11.4 Å². The summed E-state index contributed by atoms with van der Waals surface area (Å²) < 4.78 is 37.8. The van der Waals surface area contributed by atoms with Crippen LogP contribution >= 0.6 is 15.9 Å². The quantitative estimate of drug-likeness (QED) is 0.261. The number of hydrogen-bond donors (Lipinski definition) is 2. The maximum atomic E-state index is 13.1. The highest BCUT2D eigenvalue weighted by Gasteiger charge is 2.16. The molecular formula is C26H20BrF2N3O4. The minimum atomic E-state index is -0.670. The molecule has 3 rings (SSSR count). The van der Waals surface area contributed by atoms with Crippen molar-refractivity contribution in [3.63, 3.8) is 0 Å². The number of carbonyl (C=O) groups is 2. The monoisotopic (exact) mass is 555 g/mol. The zero-order chi connectivity index (χ0) is 26.1. The van der Waals surface area contributed by atoms with Crippen LogP contribution in [-0.4, -0.2) is 25.0 Å². The Labute approximate surface area is 214 Å². The summed E-state index contributed by atoms with van der Waals surface area (Å²) >= 11 is 3.38. The standard InChI is InChI=1S/C26H20BrF2N3O4/c1-2-35-23-13-16(11-17(14-30)26(34)32-21-9-5-19(29)6-10-21)12-22(27)25(23)36-15-24(33)31-20-7-3-18(28)4-8-20/h3-13H,2,15H2,1H3,(H,31,33)(H,32,34)/b17-11+. The van der Waals surface area contributed by atoms with E-state index in [9.17, 15) is 23.6 Å². The van der Waals surface area contributed by atoms with Crippen LogP contribution in [-0.2, 0) is 9.59 Å². The number of anilines is 2. The summed E-state index contributed by atoms with van der Waals surface area (Å²) in [6, 6.07) is 15.4. The van der Waals surface area contributed by atoms with Crippen LogP contribution in [0.25, 0.3) is 6.08 Å². The Kier molecular flexibility index (Phi) is 9.13. The molecule has 0 saturated carbocycles. The summed E-state index contributed by atoms with van der Waals surface area (Å²) in [4.78, 5) is 24.8. The average molecular weight is 556 g/mol. The normalized spacial score (nSPS) is 10.8. The van der Waals surface area contributed by atoms with Gasteiger partial charge in [-0.25, -0.2) is 8.78 Å². The lowest BCUT2D eigenvalue weighted by Crippen LogP contribution is -2.20. The molecule has 3 aromatic carbocycles. The van der Waals surface area contributed by atoms with Crippen molar-refractivity contribution < 1.29 is 27.8 Å². The molecule has 10 heteroatoms. The second kappa shape index (κ2) is 12.5. The average Bonchev–Trinajstić information content (AvgIpc) is 2.85. The predicted molar refractivity (Wildman–Crippen MR) is 134 cm³/mol. The number of nitrogens with one attached hydrogen (secondary N) is 2. The first kappa shape index (κ1) is 26.4. The van der Waals surface area contributed by atoms with Gasteiger partial charge < -0.3 is 20.1 Å². The van der Waals surface area contributed by atoms with Crippen molar-refractivity contribution >= 4 is 45.2 Å². The fourth-order valence-corrected chi connectivity index (χ4v) is 3.56. The molecule has 0 heterocycles. The van der Waals surface area contributed by atoms with E-state index in [4.69, 9.17) is 9.47 Å². The Balaban J connectivity index is 1.76. The summed E-state index contributed by atoms with van der Waals surface area (Å²) in [5.41, 5.74) is 1.01. The predicted octanol–water partition coefficient (Wildman–Crippen LogP) is 5.69. The topological polar surface area (TPSA) is 100 Å². The number of nitrogens with zero attached hydrogens (tertiary/aromatic N) is 1. The van der Waals surface area contributed by atoms with Gasteiger partial charge in [-0.1, -0.05) is 0 Å². The number of hydrogen-bond acceptors (Lipinski definition) is 5. The van der Waals surface area contributed by atoms with E-state index in [1.807, 2.05) is 6.07 Å². The molecule has 0 spiro atoms. The number of nitriles is 1. The van der Waals surface area contributed by atoms with Crippen molar-refractivity contribution in [2.75, 3.05) is 23.8 Å². The van der Waals surface area contributed by atoms with Crippen LogP contribution in [0.2, 0.25) is 0 Å². The van der Waals surface area contributed by atoms with Crippen molar-refractivity contribution in [3.05, 3.63) is 87.9 Å². The van der Waals surface area contributed by atoms with Gasteiger partial charge in [0.25, 0.3) is 11.8 Å². The molecule has 2 amide bonds. The molecule has 36 heavy (non-hydrogen) atoms. The second-order valence-corrected chi connectivity index (χ2v) is 8.09. The maximum absolute atomic E-state index is 13.1. The highest BCUT2D eigenvalue weighted by atomic mass is 79.9. The van der Waals surface area contributed by atoms with Crippen molar-refractivity contribution in [1.29, 1.82) is 5.26 Å². The maximum Gasteiger partial charge on any atom is 0.266 e. The summed E-state index contributed by atoms with van der Waals surface area (Å²) in [5.74, 6) is -1.48. The smallest absolute Gasteiger partial charge is 0.266 e. The molecule has 0 unspecified atom stereocenters. The number of halogens is 3. The summed E-state index contributed by atoms with van der Waals surface area (Å²) in [7, 11) is 0. The Morgan fingerprint density at radius 3 is 2.11 bits per heavy atom. The third kappa shape index (κ3) is 7.38. The first-order valence-corrected chi connectivity index (χ1v) is 11.4. The largest absolute Gasteiger partial charge is 0.490 e. The van der Waals surface area contributed by atoms with Crippen molar-refractivity contribution in [1.82, 2.24) is 0 Å². The van der Waals surface area contributed by atoms with E-state index < -0.39 is 23.4 Å². The van der Waals surface area contributed by atoms with E-state index in [0.717, 1.165) is 0 Å². The summed E-state index contributed by atoms with van der Waals surface area (Å²) in [6.07, 6.45) is 1.36. The van der Waals surface area contributed by atoms with Gasteiger partial charge in [-0.3, -0.25) is 9.59 Å². The number of ether oxygens (including phenoxy) is 2. The number of rotatable bonds is 9. The molecule has 2 N–H and O–H groups in total. The molecule has 0 fully saturated rings. The Morgan fingerprint density at radius 2 is 1.56 bits per heavy atom. The van der Waals surface area contributed by atoms with E-state index >= 15 is 0 Å². The van der Waals surface area contributed by atoms with Crippen molar-refractivity contribution in [2.45, 2.75) is 6.92 Å². The molecule has 3 aromatic rings. The lowest BCUT2D eigenvalue weighted by Gasteiger charge is -2.15. The second-order valence-electron chi connectivity index (χ2n) is 7.24. The van der Waals surface area contributed by atoms with Gasteiger partial charge in [0.05, 0.1) is 11.1 Å². The third-order valence-electron chi connectivity index (χ3n) is 4.59. The Morgan fingerprint density at radius 1 is 0.972 bits per heavy atom. The highest BCUT2D eigenvalue weighted by Crippen LogP contribution is 2.37. The number of amides is 2. The van der Waals surface area contributed by atoms with Gasteiger partial charge in [-0.05, 0) is 95.2 Å². The fraction of sp³-hybridized carbons (Fsp3) is 0.115. The molecule has 0 aromatic heterocycles. The van der Waals surface area contributed by atoms with Crippen molar-refractivity contribution in [2.24, 2.45) is 0 Å². The van der Waals surface area contributed by atoms with Gasteiger partial charge in [0.15, 0.2) is 18.1 Å². The van der Waals surface area contributed by atoms with Crippen LogP contribution in [0.5, 0.6) is 11.5 Å². The molecule has 0 saturated heterocycles.